The van der Waals surface area contributed by atoms with Gasteiger partial charge in [-0.05, 0) is 43.2 Å². The van der Waals surface area contributed by atoms with Gasteiger partial charge in [-0.2, -0.15) is 0 Å². The molecule has 4 nitrogen and oxygen atoms in total. The highest BCUT2D eigenvalue weighted by molar-refractivity contribution is 6.33. The molecule has 0 spiro atoms. The van der Waals surface area contributed by atoms with Crippen LogP contribution in [0.3, 0.4) is 0 Å². The Morgan fingerprint density at radius 3 is 2.48 bits per heavy atom. The highest BCUT2D eigenvalue weighted by atomic mass is 35.5. The average Bonchev–Trinajstić information content (AvgIpc) is 2.51. The second-order valence-electron chi connectivity index (χ2n) is 5.02. The third-order valence-corrected chi connectivity index (χ3v) is 3.56. The van der Waals surface area contributed by atoms with Gasteiger partial charge in [0.05, 0.1) is 10.6 Å². The van der Waals surface area contributed by atoms with E-state index in [2.05, 4.69) is 5.32 Å². The average molecular weight is 336 g/mol. The number of ether oxygens (including phenoxy) is 1. The fourth-order valence-corrected chi connectivity index (χ4v) is 2.24. The van der Waals surface area contributed by atoms with Crippen LogP contribution in [0.2, 0.25) is 5.02 Å². The predicted molar refractivity (Wildman–Crippen MR) is 86.2 cm³/mol. The monoisotopic (exact) mass is 335 g/mol. The highest BCUT2D eigenvalue weighted by Gasteiger charge is 2.15. The van der Waals surface area contributed by atoms with Gasteiger partial charge in [-0.1, -0.05) is 29.8 Å². The van der Waals surface area contributed by atoms with Gasteiger partial charge in [0.1, 0.15) is 5.82 Å². The second-order valence-corrected chi connectivity index (χ2v) is 5.42. The zero-order chi connectivity index (χ0) is 17.0. The minimum absolute atomic E-state index is 0.0616. The van der Waals surface area contributed by atoms with Crippen LogP contribution in [0.4, 0.5) is 10.1 Å². The van der Waals surface area contributed by atoms with Gasteiger partial charge in [0.25, 0.3) is 5.91 Å². The smallest absolute Gasteiger partial charge is 0.340 e. The standard InChI is InChI=1S/C17H15ClFNO3/c1-10-4-3-5-11(2)16(10)20-15(21)9-23-17(22)13-8-12(19)6-7-14(13)18/h3-8H,9H2,1-2H3,(H,20,21). The van der Waals surface area contributed by atoms with Crippen molar-refractivity contribution in [3.05, 3.63) is 63.9 Å². The number of nitrogens with one attached hydrogen (secondary N) is 1. The summed E-state index contributed by atoms with van der Waals surface area (Å²) < 4.78 is 18.0. The Balaban J connectivity index is 1.99. The first kappa shape index (κ1) is 17.0. The maximum Gasteiger partial charge on any atom is 0.340 e. The largest absolute Gasteiger partial charge is 0.452 e. The van der Waals surface area contributed by atoms with E-state index in [4.69, 9.17) is 16.3 Å². The molecule has 0 bridgehead atoms. The van der Waals surface area contributed by atoms with E-state index in [9.17, 15) is 14.0 Å². The molecule has 0 unspecified atom stereocenters. The summed E-state index contributed by atoms with van der Waals surface area (Å²) in [5, 5.41) is 2.75. The number of rotatable bonds is 4. The number of esters is 1. The van der Waals surface area contributed by atoms with Crippen LogP contribution in [0.5, 0.6) is 0 Å². The molecule has 0 radical (unpaired) electrons. The Hall–Kier alpha value is -2.40. The lowest BCUT2D eigenvalue weighted by Crippen LogP contribution is -2.22. The lowest BCUT2D eigenvalue weighted by atomic mass is 10.1. The number of hydrogen-bond donors (Lipinski definition) is 1. The lowest BCUT2D eigenvalue weighted by Gasteiger charge is -2.11. The third-order valence-electron chi connectivity index (χ3n) is 3.23. The van der Waals surface area contributed by atoms with E-state index in [1.54, 1.807) is 0 Å². The number of halogens is 2. The molecule has 0 aliphatic heterocycles. The highest BCUT2D eigenvalue weighted by Crippen LogP contribution is 2.20. The fourth-order valence-electron chi connectivity index (χ4n) is 2.05. The molecule has 0 aromatic heterocycles. The molecule has 0 fully saturated rings. The molecule has 0 aliphatic rings. The molecule has 23 heavy (non-hydrogen) atoms. The summed E-state index contributed by atoms with van der Waals surface area (Å²) in [6.07, 6.45) is 0. The summed E-state index contributed by atoms with van der Waals surface area (Å²) in [5.41, 5.74) is 2.36. The Kier molecular flexibility index (Phi) is 5.34. The fraction of sp³-hybridized carbons (Fsp3) is 0.176. The zero-order valence-corrected chi connectivity index (χ0v) is 13.4. The van der Waals surface area contributed by atoms with E-state index < -0.39 is 24.3 Å². The molecule has 1 amide bonds. The molecular formula is C17H15ClFNO3. The Morgan fingerprint density at radius 1 is 1.17 bits per heavy atom. The summed E-state index contributed by atoms with van der Waals surface area (Å²) in [4.78, 5) is 23.8. The van der Waals surface area contributed by atoms with E-state index >= 15 is 0 Å². The van der Waals surface area contributed by atoms with Gasteiger partial charge < -0.3 is 10.1 Å². The normalized spacial score (nSPS) is 10.3. The van der Waals surface area contributed by atoms with Gasteiger partial charge in [0, 0.05) is 5.69 Å². The van der Waals surface area contributed by atoms with E-state index in [-0.39, 0.29) is 10.6 Å². The first-order valence-corrected chi connectivity index (χ1v) is 7.24. The molecule has 120 valence electrons. The number of hydrogen-bond acceptors (Lipinski definition) is 3. The van der Waals surface area contributed by atoms with Crippen LogP contribution >= 0.6 is 11.6 Å². The van der Waals surface area contributed by atoms with Crippen LogP contribution in [0.25, 0.3) is 0 Å². The molecular weight excluding hydrogens is 321 g/mol. The third kappa shape index (κ3) is 4.29. The Labute approximate surface area is 138 Å². The van der Waals surface area contributed by atoms with Crippen LogP contribution < -0.4 is 5.32 Å². The number of carbonyl (C=O) groups is 2. The van der Waals surface area contributed by atoms with Gasteiger partial charge in [0.2, 0.25) is 0 Å². The summed E-state index contributed by atoms with van der Waals surface area (Å²) in [6, 6.07) is 8.96. The molecule has 0 atom stereocenters. The number of amides is 1. The summed E-state index contributed by atoms with van der Waals surface area (Å²) in [5.74, 6) is -1.95. The number of para-hydroxylation sites is 1. The number of benzene rings is 2. The first-order valence-electron chi connectivity index (χ1n) is 6.86. The van der Waals surface area contributed by atoms with E-state index in [0.717, 1.165) is 23.3 Å². The first-order chi connectivity index (χ1) is 10.9. The predicted octanol–water partition coefficient (Wildman–Crippen LogP) is 3.89. The molecule has 2 rings (SSSR count). The van der Waals surface area contributed by atoms with Gasteiger partial charge in [-0.3, -0.25) is 4.79 Å². The summed E-state index contributed by atoms with van der Waals surface area (Å²) in [7, 11) is 0. The van der Waals surface area contributed by atoms with Gasteiger partial charge in [-0.25, -0.2) is 9.18 Å². The minimum atomic E-state index is -0.855. The van der Waals surface area contributed by atoms with E-state index in [1.165, 1.54) is 6.07 Å². The molecule has 0 saturated heterocycles. The van der Waals surface area contributed by atoms with Crippen molar-refractivity contribution < 1.29 is 18.7 Å². The quantitative estimate of drug-likeness (QED) is 0.862. The molecule has 0 aliphatic carbocycles. The summed E-state index contributed by atoms with van der Waals surface area (Å²) >= 11 is 5.81. The molecule has 0 saturated carbocycles. The van der Waals surface area contributed by atoms with E-state index in [1.807, 2.05) is 32.0 Å². The minimum Gasteiger partial charge on any atom is -0.452 e. The maximum atomic E-state index is 13.1. The molecule has 6 heteroatoms. The van der Waals surface area contributed by atoms with Crippen molar-refractivity contribution in [3.8, 4) is 0 Å². The molecule has 0 heterocycles. The van der Waals surface area contributed by atoms with Crippen molar-refractivity contribution in [1.29, 1.82) is 0 Å². The Morgan fingerprint density at radius 2 is 1.83 bits per heavy atom. The summed E-state index contributed by atoms with van der Waals surface area (Å²) in [6.45, 7) is 3.24. The van der Waals surface area contributed by atoms with Crippen LogP contribution in [-0.4, -0.2) is 18.5 Å². The Bertz CT molecular complexity index is 741. The van der Waals surface area contributed by atoms with Crippen LogP contribution in [-0.2, 0) is 9.53 Å². The van der Waals surface area contributed by atoms with Crippen molar-refractivity contribution in [2.45, 2.75) is 13.8 Å². The van der Waals surface area contributed by atoms with Crippen LogP contribution in [0, 0.1) is 19.7 Å². The lowest BCUT2D eigenvalue weighted by molar-refractivity contribution is -0.119. The van der Waals surface area contributed by atoms with Gasteiger partial charge >= 0.3 is 5.97 Å². The topological polar surface area (TPSA) is 55.4 Å². The molecule has 1 N–H and O–H groups in total. The van der Waals surface area contributed by atoms with Crippen molar-refractivity contribution in [2.75, 3.05) is 11.9 Å². The molecule has 2 aromatic rings. The van der Waals surface area contributed by atoms with Gasteiger partial charge in [-0.15, -0.1) is 0 Å². The molecule has 2 aromatic carbocycles. The van der Waals surface area contributed by atoms with E-state index in [0.29, 0.717) is 5.69 Å². The maximum absolute atomic E-state index is 13.1. The van der Waals surface area contributed by atoms with Crippen LogP contribution in [0.1, 0.15) is 21.5 Å². The van der Waals surface area contributed by atoms with Crippen molar-refractivity contribution in [1.82, 2.24) is 0 Å². The zero-order valence-electron chi connectivity index (χ0n) is 12.7. The number of aryl methyl sites for hydroxylation is 2. The number of anilines is 1. The van der Waals surface area contributed by atoms with Crippen LogP contribution in [0.15, 0.2) is 36.4 Å². The number of carbonyl (C=O) groups excluding carboxylic acids is 2. The SMILES string of the molecule is Cc1cccc(C)c1NC(=O)COC(=O)c1cc(F)ccc1Cl. The van der Waals surface area contributed by atoms with Gasteiger partial charge in [0.15, 0.2) is 6.61 Å². The second kappa shape index (κ2) is 7.24. The van der Waals surface area contributed by atoms with Crippen molar-refractivity contribution in [3.63, 3.8) is 0 Å². The van der Waals surface area contributed by atoms with Crippen molar-refractivity contribution in [2.24, 2.45) is 0 Å². The van der Waals surface area contributed by atoms with Crippen molar-refractivity contribution >= 4 is 29.2 Å².